The number of para-hydroxylation sites is 1. The molecular weight excluding hydrogens is 322 g/mol. The fraction of sp³-hybridized carbons (Fsp3) is 0. The lowest BCUT2D eigenvalue weighted by Gasteiger charge is -2.05. The summed E-state index contributed by atoms with van der Waals surface area (Å²) in [5, 5.41) is 9.49. The first-order valence-corrected chi connectivity index (χ1v) is 7.37. The summed E-state index contributed by atoms with van der Waals surface area (Å²) in [6.45, 7) is 0. The van der Waals surface area contributed by atoms with E-state index in [0.29, 0.717) is 11.3 Å². The van der Waals surface area contributed by atoms with Crippen molar-refractivity contribution in [2.24, 2.45) is 0 Å². The molecule has 122 valence electrons. The lowest BCUT2D eigenvalue weighted by atomic mass is 10.2. The van der Waals surface area contributed by atoms with Crippen molar-refractivity contribution in [1.29, 1.82) is 0 Å². The van der Waals surface area contributed by atoms with E-state index in [1.54, 1.807) is 42.6 Å². The predicted molar refractivity (Wildman–Crippen MR) is 89.7 cm³/mol. The minimum atomic E-state index is -1.25. The third-order valence-corrected chi connectivity index (χ3v) is 3.67. The van der Waals surface area contributed by atoms with Crippen LogP contribution in [0.15, 0.2) is 59.7 Å². The third-order valence-electron chi connectivity index (χ3n) is 3.67. The maximum absolute atomic E-state index is 12.4. The van der Waals surface area contributed by atoms with E-state index < -0.39 is 11.7 Å². The number of pyridine rings is 1. The Morgan fingerprint density at radius 1 is 1.08 bits per heavy atom. The molecule has 0 fully saturated rings. The first-order valence-electron chi connectivity index (χ1n) is 7.37. The highest BCUT2D eigenvalue weighted by atomic mass is 16.4. The Bertz CT molecular complexity index is 1130. The van der Waals surface area contributed by atoms with Crippen molar-refractivity contribution in [3.63, 3.8) is 0 Å². The molecule has 8 heteroatoms. The summed E-state index contributed by atoms with van der Waals surface area (Å²) in [6.07, 6.45) is 3.13. The summed E-state index contributed by atoms with van der Waals surface area (Å²) >= 11 is 0. The van der Waals surface area contributed by atoms with Crippen LogP contribution in [0.5, 0.6) is 0 Å². The monoisotopic (exact) mass is 333 g/mol. The van der Waals surface area contributed by atoms with Crippen molar-refractivity contribution < 1.29 is 9.90 Å². The second kappa shape index (κ2) is 5.68. The van der Waals surface area contributed by atoms with Gasteiger partial charge in [0.2, 0.25) is 0 Å². The number of nitrogens with one attached hydrogen (secondary N) is 1. The molecule has 0 saturated heterocycles. The van der Waals surface area contributed by atoms with Crippen LogP contribution in [0.4, 0.5) is 0 Å². The van der Waals surface area contributed by atoms with Crippen LogP contribution < -0.4 is 5.69 Å². The molecule has 0 aliphatic rings. The average molecular weight is 333 g/mol. The van der Waals surface area contributed by atoms with Crippen molar-refractivity contribution in [3.8, 4) is 17.1 Å². The summed E-state index contributed by atoms with van der Waals surface area (Å²) in [7, 11) is 0. The fourth-order valence-electron chi connectivity index (χ4n) is 2.58. The molecule has 3 aromatic heterocycles. The van der Waals surface area contributed by atoms with E-state index in [2.05, 4.69) is 19.9 Å². The number of aromatic carboxylic acids is 1. The van der Waals surface area contributed by atoms with Crippen LogP contribution >= 0.6 is 0 Å². The number of hydrogen-bond acceptors (Lipinski definition) is 5. The fourth-order valence-corrected chi connectivity index (χ4v) is 2.58. The maximum atomic E-state index is 12.4. The molecule has 0 saturated carbocycles. The average Bonchev–Trinajstić information content (AvgIpc) is 2.98. The number of aromatic nitrogens is 5. The van der Waals surface area contributed by atoms with E-state index in [-0.39, 0.29) is 22.7 Å². The van der Waals surface area contributed by atoms with Gasteiger partial charge >= 0.3 is 11.7 Å². The van der Waals surface area contributed by atoms with E-state index in [4.69, 9.17) is 0 Å². The molecule has 0 bridgehead atoms. The van der Waals surface area contributed by atoms with Crippen LogP contribution in [0, 0.1) is 0 Å². The van der Waals surface area contributed by atoms with Gasteiger partial charge in [-0.05, 0) is 24.3 Å². The van der Waals surface area contributed by atoms with Gasteiger partial charge in [0.25, 0.3) is 0 Å². The predicted octanol–water partition coefficient (Wildman–Crippen LogP) is 1.87. The molecule has 4 rings (SSSR count). The smallest absolute Gasteiger partial charge is 0.356 e. The number of carboxylic acid groups (broad SMARTS) is 1. The number of fused-ring (bicyclic) bond motifs is 1. The van der Waals surface area contributed by atoms with Crippen molar-refractivity contribution in [3.05, 3.63) is 71.0 Å². The molecule has 0 aliphatic heterocycles. The van der Waals surface area contributed by atoms with Gasteiger partial charge in [0.1, 0.15) is 5.52 Å². The molecule has 1 aromatic carbocycles. The Morgan fingerprint density at radius 3 is 2.56 bits per heavy atom. The van der Waals surface area contributed by atoms with Gasteiger partial charge < -0.3 is 10.1 Å². The molecule has 0 spiro atoms. The van der Waals surface area contributed by atoms with Gasteiger partial charge in [-0.15, -0.1) is 0 Å². The minimum absolute atomic E-state index is 0.0778. The zero-order valence-corrected chi connectivity index (χ0v) is 12.7. The maximum Gasteiger partial charge on any atom is 0.356 e. The number of benzene rings is 1. The van der Waals surface area contributed by atoms with E-state index >= 15 is 0 Å². The van der Waals surface area contributed by atoms with Crippen molar-refractivity contribution >= 4 is 17.1 Å². The lowest BCUT2D eigenvalue weighted by Crippen LogP contribution is -2.14. The van der Waals surface area contributed by atoms with Crippen molar-refractivity contribution in [1.82, 2.24) is 24.5 Å². The van der Waals surface area contributed by atoms with Crippen LogP contribution in [0.25, 0.3) is 28.2 Å². The number of aromatic amines is 1. The van der Waals surface area contributed by atoms with Crippen molar-refractivity contribution in [2.75, 3.05) is 0 Å². The van der Waals surface area contributed by atoms with Gasteiger partial charge in [-0.2, -0.15) is 0 Å². The molecule has 4 aromatic rings. The number of carbonyl (C=O) groups is 1. The first kappa shape index (κ1) is 14.8. The summed E-state index contributed by atoms with van der Waals surface area (Å²) < 4.78 is 1.32. The molecule has 8 nitrogen and oxygen atoms in total. The SMILES string of the molecule is O=C(O)c1nc(-c2cccnc2)nc2c1[nH]c(=O)n2-c1ccccc1. The number of H-pyrrole nitrogens is 1. The Balaban J connectivity index is 2.09. The summed E-state index contributed by atoms with van der Waals surface area (Å²) in [5.41, 5.74) is 0.652. The highest BCUT2D eigenvalue weighted by Gasteiger charge is 2.21. The van der Waals surface area contributed by atoms with E-state index in [1.165, 1.54) is 10.8 Å². The van der Waals surface area contributed by atoms with Gasteiger partial charge in [-0.1, -0.05) is 18.2 Å². The van der Waals surface area contributed by atoms with Gasteiger partial charge in [0.05, 0.1) is 5.69 Å². The van der Waals surface area contributed by atoms with Crippen LogP contribution in [0.1, 0.15) is 10.5 Å². The largest absolute Gasteiger partial charge is 0.476 e. The Kier molecular flexibility index (Phi) is 3.35. The third kappa shape index (κ3) is 2.45. The van der Waals surface area contributed by atoms with Crippen LogP contribution in [-0.4, -0.2) is 35.6 Å². The highest BCUT2D eigenvalue weighted by molar-refractivity contribution is 5.98. The zero-order chi connectivity index (χ0) is 17.4. The standard InChI is InChI=1S/C17H11N5O3/c23-16(24)13-12-15(21-14(19-13)10-5-4-8-18-9-10)22(17(25)20-12)11-6-2-1-3-7-11/h1-9H,(H,20,25)(H,23,24). The first-order chi connectivity index (χ1) is 12.1. The van der Waals surface area contributed by atoms with Crippen LogP contribution in [0.2, 0.25) is 0 Å². The number of rotatable bonds is 3. The second-order valence-corrected chi connectivity index (χ2v) is 5.24. The number of imidazole rings is 1. The quantitative estimate of drug-likeness (QED) is 0.591. The molecule has 0 atom stereocenters. The Labute approximate surface area is 140 Å². The van der Waals surface area contributed by atoms with E-state index in [0.717, 1.165) is 0 Å². The van der Waals surface area contributed by atoms with Crippen molar-refractivity contribution in [2.45, 2.75) is 0 Å². The molecule has 0 amide bonds. The number of carboxylic acids is 1. The number of hydrogen-bond donors (Lipinski definition) is 2. The minimum Gasteiger partial charge on any atom is -0.476 e. The van der Waals surface area contributed by atoms with E-state index in [9.17, 15) is 14.7 Å². The molecule has 3 heterocycles. The Morgan fingerprint density at radius 2 is 1.88 bits per heavy atom. The molecular formula is C17H11N5O3. The van der Waals surface area contributed by atoms with Gasteiger partial charge in [0.15, 0.2) is 17.2 Å². The van der Waals surface area contributed by atoms with Crippen LogP contribution in [-0.2, 0) is 0 Å². The molecule has 0 aliphatic carbocycles. The Hall–Kier alpha value is -3.81. The summed E-state index contributed by atoms with van der Waals surface area (Å²) in [4.78, 5) is 39.0. The molecule has 2 N–H and O–H groups in total. The number of nitrogens with zero attached hydrogens (tertiary/aromatic N) is 4. The normalized spacial score (nSPS) is 10.9. The topological polar surface area (TPSA) is 114 Å². The van der Waals surface area contributed by atoms with Gasteiger partial charge in [0, 0.05) is 18.0 Å². The highest BCUT2D eigenvalue weighted by Crippen LogP contribution is 2.21. The van der Waals surface area contributed by atoms with E-state index in [1.807, 2.05) is 6.07 Å². The van der Waals surface area contributed by atoms with Gasteiger partial charge in [-0.3, -0.25) is 4.98 Å². The van der Waals surface area contributed by atoms with Gasteiger partial charge in [-0.25, -0.2) is 24.1 Å². The lowest BCUT2D eigenvalue weighted by molar-refractivity contribution is 0.0692. The summed E-state index contributed by atoms with van der Waals surface area (Å²) in [5.74, 6) is -1.07. The molecule has 0 radical (unpaired) electrons. The summed E-state index contributed by atoms with van der Waals surface area (Å²) in [6, 6.07) is 12.3. The molecule has 25 heavy (non-hydrogen) atoms. The van der Waals surface area contributed by atoms with Crippen LogP contribution in [0.3, 0.4) is 0 Å². The second-order valence-electron chi connectivity index (χ2n) is 5.24. The molecule has 0 unspecified atom stereocenters. The zero-order valence-electron chi connectivity index (χ0n) is 12.7.